The predicted octanol–water partition coefficient (Wildman–Crippen LogP) is 5.99. The smallest absolute Gasteiger partial charge is 0.258 e. The van der Waals surface area contributed by atoms with Crippen LogP contribution >= 0.6 is 0 Å². The number of amides is 2. The number of nitrogens with one attached hydrogen (secondary N) is 1. The topological polar surface area (TPSA) is 49.4 Å². The van der Waals surface area contributed by atoms with E-state index in [1.165, 1.54) is 0 Å². The monoisotopic (exact) mass is 420 g/mol. The number of fused-ring (bicyclic) bond motifs is 2. The van der Waals surface area contributed by atoms with E-state index in [0.717, 1.165) is 46.1 Å². The molecule has 1 N–H and O–H groups in total. The summed E-state index contributed by atoms with van der Waals surface area (Å²) in [6, 6.07) is 27.2. The minimum atomic E-state index is -0.147. The van der Waals surface area contributed by atoms with Crippen LogP contribution in [0.2, 0.25) is 0 Å². The molecular weight excluding hydrogens is 396 g/mol. The second-order valence-corrected chi connectivity index (χ2v) is 8.25. The Morgan fingerprint density at radius 2 is 1.66 bits per heavy atom. The highest BCUT2D eigenvalue weighted by Crippen LogP contribution is 2.30. The normalized spacial score (nSPS) is 13.0. The molecule has 2 amide bonds. The number of anilines is 2. The van der Waals surface area contributed by atoms with Crippen LogP contribution < -0.4 is 10.2 Å². The molecule has 4 aromatic carbocycles. The molecule has 0 unspecified atom stereocenters. The van der Waals surface area contributed by atoms with Crippen LogP contribution in [0, 0.1) is 6.92 Å². The molecule has 0 bridgehead atoms. The van der Waals surface area contributed by atoms with Gasteiger partial charge in [-0.2, -0.15) is 0 Å². The summed E-state index contributed by atoms with van der Waals surface area (Å²) in [7, 11) is 0. The zero-order valence-corrected chi connectivity index (χ0v) is 18.0. The van der Waals surface area contributed by atoms with Gasteiger partial charge < -0.3 is 10.2 Å². The van der Waals surface area contributed by atoms with Gasteiger partial charge in [-0.3, -0.25) is 9.59 Å². The van der Waals surface area contributed by atoms with Gasteiger partial charge in [0.2, 0.25) is 0 Å². The number of rotatable bonds is 3. The fourth-order valence-electron chi connectivity index (χ4n) is 4.41. The number of carbonyl (C=O) groups is 2. The van der Waals surface area contributed by atoms with Gasteiger partial charge in [-0.1, -0.05) is 54.1 Å². The van der Waals surface area contributed by atoms with Crippen LogP contribution in [0.4, 0.5) is 11.4 Å². The molecule has 0 saturated carbocycles. The Bertz CT molecular complexity index is 1340. The molecule has 32 heavy (non-hydrogen) atoms. The molecule has 0 spiro atoms. The van der Waals surface area contributed by atoms with Gasteiger partial charge in [0, 0.05) is 34.4 Å². The zero-order chi connectivity index (χ0) is 22.1. The Kier molecular flexibility index (Phi) is 5.20. The Balaban J connectivity index is 1.42. The van der Waals surface area contributed by atoms with Gasteiger partial charge in [0.05, 0.1) is 0 Å². The molecule has 1 heterocycles. The second kappa shape index (κ2) is 8.31. The third-order valence-corrected chi connectivity index (χ3v) is 6.01. The van der Waals surface area contributed by atoms with E-state index < -0.39 is 0 Å². The predicted molar refractivity (Wildman–Crippen MR) is 130 cm³/mol. The Hall–Kier alpha value is -3.92. The van der Waals surface area contributed by atoms with Crippen molar-refractivity contribution in [1.82, 2.24) is 0 Å². The van der Waals surface area contributed by atoms with Gasteiger partial charge in [-0.15, -0.1) is 0 Å². The summed E-state index contributed by atoms with van der Waals surface area (Å²) in [5, 5.41) is 5.15. The third-order valence-electron chi connectivity index (χ3n) is 6.01. The molecule has 1 aliphatic heterocycles. The van der Waals surface area contributed by atoms with E-state index in [0.29, 0.717) is 17.7 Å². The molecule has 158 valence electrons. The molecule has 4 aromatic rings. The van der Waals surface area contributed by atoms with E-state index >= 15 is 0 Å². The Morgan fingerprint density at radius 3 is 2.53 bits per heavy atom. The summed E-state index contributed by atoms with van der Waals surface area (Å²) >= 11 is 0. The van der Waals surface area contributed by atoms with Crippen LogP contribution in [0.5, 0.6) is 0 Å². The lowest BCUT2D eigenvalue weighted by Crippen LogP contribution is -2.35. The van der Waals surface area contributed by atoms with Crippen molar-refractivity contribution in [2.45, 2.75) is 19.8 Å². The van der Waals surface area contributed by atoms with Crippen LogP contribution in [-0.2, 0) is 6.42 Å². The number of aryl methyl sites for hydroxylation is 2. The van der Waals surface area contributed by atoms with Gasteiger partial charge in [-0.05, 0) is 67.1 Å². The highest BCUT2D eigenvalue weighted by molar-refractivity contribution is 6.10. The first-order chi connectivity index (χ1) is 15.6. The summed E-state index contributed by atoms with van der Waals surface area (Å²) in [4.78, 5) is 28.0. The maximum atomic E-state index is 13.1. The number of benzene rings is 4. The van der Waals surface area contributed by atoms with Crippen LogP contribution in [-0.4, -0.2) is 18.4 Å². The first-order valence-electron chi connectivity index (χ1n) is 10.9. The third kappa shape index (κ3) is 3.76. The SMILES string of the molecule is Cc1cccc(C(=O)N2CCCc3cc(C(=O)Nc4cccc5ccccc45)ccc32)c1. The first kappa shape index (κ1) is 20.0. The van der Waals surface area contributed by atoms with Gasteiger partial charge >= 0.3 is 0 Å². The Morgan fingerprint density at radius 1 is 0.844 bits per heavy atom. The molecule has 0 radical (unpaired) electrons. The average molecular weight is 421 g/mol. The minimum Gasteiger partial charge on any atom is -0.321 e. The van der Waals surface area contributed by atoms with Crippen LogP contribution in [0.25, 0.3) is 10.8 Å². The van der Waals surface area contributed by atoms with Crippen molar-refractivity contribution in [3.63, 3.8) is 0 Å². The van der Waals surface area contributed by atoms with Gasteiger partial charge in [-0.25, -0.2) is 0 Å². The number of hydrogen-bond acceptors (Lipinski definition) is 2. The van der Waals surface area contributed by atoms with E-state index in [4.69, 9.17) is 0 Å². The zero-order valence-electron chi connectivity index (χ0n) is 18.0. The first-order valence-corrected chi connectivity index (χ1v) is 10.9. The van der Waals surface area contributed by atoms with E-state index in [2.05, 4.69) is 5.32 Å². The fraction of sp³-hybridized carbons (Fsp3) is 0.143. The van der Waals surface area contributed by atoms with Crippen molar-refractivity contribution in [2.75, 3.05) is 16.8 Å². The highest BCUT2D eigenvalue weighted by Gasteiger charge is 2.24. The van der Waals surface area contributed by atoms with Crippen molar-refractivity contribution in [2.24, 2.45) is 0 Å². The quantitative estimate of drug-likeness (QED) is 0.442. The average Bonchev–Trinajstić information content (AvgIpc) is 2.83. The molecule has 0 atom stereocenters. The lowest BCUT2D eigenvalue weighted by atomic mass is 9.97. The Labute approximate surface area is 187 Å². The maximum Gasteiger partial charge on any atom is 0.258 e. The number of nitrogens with zero attached hydrogens (tertiary/aromatic N) is 1. The van der Waals surface area contributed by atoms with Crippen LogP contribution in [0.1, 0.15) is 38.3 Å². The second-order valence-electron chi connectivity index (χ2n) is 8.25. The van der Waals surface area contributed by atoms with Crippen LogP contribution in [0.3, 0.4) is 0 Å². The van der Waals surface area contributed by atoms with E-state index in [9.17, 15) is 9.59 Å². The van der Waals surface area contributed by atoms with Crippen molar-refractivity contribution >= 4 is 34.0 Å². The molecule has 5 rings (SSSR count). The molecular formula is C28H24N2O2. The summed E-state index contributed by atoms with van der Waals surface area (Å²) in [5.41, 5.74) is 5.07. The van der Waals surface area contributed by atoms with Gasteiger partial charge in [0.1, 0.15) is 0 Å². The summed E-state index contributed by atoms with van der Waals surface area (Å²) in [6.07, 6.45) is 1.72. The van der Waals surface area contributed by atoms with Crippen molar-refractivity contribution < 1.29 is 9.59 Å². The minimum absolute atomic E-state index is 0.00241. The molecule has 4 nitrogen and oxygen atoms in total. The lowest BCUT2D eigenvalue weighted by Gasteiger charge is -2.30. The lowest BCUT2D eigenvalue weighted by molar-refractivity contribution is 0.0984. The number of hydrogen-bond donors (Lipinski definition) is 1. The van der Waals surface area contributed by atoms with Gasteiger partial charge in [0.25, 0.3) is 11.8 Å². The molecule has 0 aromatic heterocycles. The van der Waals surface area contributed by atoms with Crippen molar-refractivity contribution in [3.8, 4) is 0 Å². The summed E-state index contributed by atoms with van der Waals surface area (Å²) in [5.74, 6) is -0.145. The van der Waals surface area contributed by atoms with E-state index in [-0.39, 0.29) is 11.8 Å². The fourth-order valence-corrected chi connectivity index (χ4v) is 4.41. The summed E-state index contributed by atoms with van der Waals surface area (Å²) in [6.45, 7) is 2.67. The summed E-state index contributed by atoms with van der Waals surface area (Å²) < 4.78 is 0. The highest BCUT2D eigenvalue weighted by atomic mass is 16.2. The largest absolute Gasteiger partial charge is 0.321 e. The van der Waals surface area contributed by atoms with Crippen molar-refractivity contribution in [3.05, 3.63) is 107 Å². The van der Waals surface area contributed by atoms with Crippen LogP contribution in [0.15, 0.2) is 84.9 Å². The molecule has 0 fully saturated rings. The molecule has 0 saturated heterocycles. The molecule has 4 heteroatoms. The van der Waals surface area contributed by atoms with Crippen molar-refractivity contribution in [1.29, 1.82) is 0 Å². The van der Waals surface area contributed by atoms with E-state index in [1.54, 1.807) is 6.07 Å². The van der Waals surface area contributed by atoms with E-state index in [1.807, 2.05) is 90.7 Å². The molecule has 1 aliphatic rings. The maximum absolute atomic E-state index is 13.1. The standard InChI is InChI=1S/C28H24N2O2/c1-19-7-4-10-23(17-19)28(32)30-16-6-11-21-18-22(14-15-26(21)30)27(31)29-25-13-5-9-20-8-2-3-12-24(20)25/h2-5,7-10,12-15,17-18H,6,11,16H2,1H3,(H,29,31). The number of carbonyl (C=O) groups excluding carboxylic acids is 2. The van der Waals surface area contributed by atoms with Gasteiger partial charge in [0.15, 0.2) is 0 Å². The molecule has 0 aliphatic carbocycles.